The Labute approximate surface area is 178 Å². The van der Waals surface area contributed by atoms with Gasteiger partial charge in [-0.2, -0.15) is 0 Å². The number of ether oxygens (including phenoxy) is 1. The van der Waals surface area contributed by atoms with Crippen molar-refractivity contribution >= 4 is 23.2 Å². The Bertz CT molecular complexity index is 960. The first-order chi connectivity index (χ1) is 14.3. The topological polar surface area (TPSA) is 53.1 Å². The zero-order valence-corrected chi connectivity index (χ0v) is 18.1. The molecule has 2 aromatic rings. The molecule has 2 aromatic carbocycles. The zero-order valence-electron chi connectivity index (χ0n) is 18.1. The third-order valence-corrected chi connectivity index (χ3v) is 6.26. The standard InChI is InChI=1S/C24H29N3O3/c1-17-5-10-21-20(15-17)24(2,3)23(29)27(21)16-22(28)26-13-11-25(12-14-26)18-6-8-19(30-4)9-7-18/h5-10,15H,11-14,16H2,1-4H3. The number of piperazine rings is 1. The Morgan fingerprint density at radius 2 is 1.70 bits per heavy atom. The quantitative estimate of drug-likeness (QED) is 0.782. The van der Waals surface area contributed by atoms with E-state index in [-0.39, 0.29) is 18.4 Å². The molecule has 2 aliphatic rings. The Balaban J connectivity index is 1.41. The monoisotopic (exact) mass is 407 g/mol. The first-order valence-corrected chi connectivity index (χ1v) is 10.4. The van der Waals surface area contributed by atoms with Gasteiger partial charge in [-0.3, -0.25) is 9.59 Å². The highest BCUT2D eigenvalue weighted by Crippen LogP contribution is 2.41. The maximum Gasteiger partial charge on any atom is 0.242 e. The number of carbonyl (C=O) groups excluding carboxylic acids is 2. The van der Waals surface area contributed by atoms with Gasteiger partial charge in [0.2, 0.25) is 11.8 Å². The Kier molecular flexibility index (Phi) is 5.18. The van der Waals surface area contributed by atoms with Crippen molar-refractivity contribution in [2.75, 3.05) is 49.6 Å². The van der Waals surface area contributed by atoms with Crippen molar-refractivity contribution in [3.63, 3.8) is 0 Å². The van der Waals surface area contributed by atoms with Crippen molar-refractivity contribution in [3.8, 4) is 5.75 Å². The fraction of sp³-hybridized carbons (Fsp3) is 0.417. The van der Waals surface area contributed by atoms with Crippen LogP contribution in [0.1, 0.15) is 25.0 Å². The fourth-order valence-corrected chi connectivity index (χ4v) is 4.35. The number of rotatable bonds is 4. The van der Waals surface area contributed by atoms with E-state index in [1.807, 2.05) is 62.1 Å². The van der Waals surface area contributed by atoms with Crippen LogP contribution in [-0.2, 0) is 15.0 Å². The van der Waals surface area contributed by atoms with Crippen LogP contribution < -0.4 is 14.5 Å². The van der Waals surface area contributed by atoms with Gasteiger partial charge in [-0.15, -0.1) is 0 Å². The summed E-state index contributed by atoms with van der Waals surface area (Å²) in [7, 11) is 1.66. The van der Waals surface area contributed by atoms with Gasteiger partial charge in [0, 0.05) is 37.6 Å². The van der Waals surface area contributed by atoms with E-state index in [9.17, 15) is 9.59 Å². The highest BCUT2D eigenvalue weighted by molar-refractivity contribution is 6.10. The number of aryl methyl sites for hydroxylation is 1. The predicted molar refractivity (Wildman–Crippen MR) is 118 cm³/mol. The molecular weight excluding hydrogens is 378 g/mol. The van der Waals surface area contributed by atoms with E-state index in [1.54, 1.807) is 12.0 Å². The van der Waals surface area contributed by atoms with Crippen LogP contribution in [0.15, 0.2) is 42.5 Å². The second kappa shape index (κ2) is 7.67. The molecule has 6 nitrogen and oxygen atoms in total. The Morgan fingerprint density at radius 1 is 1.03 bits per heavy atom. The van der Waals surface area contributed by atoms with Gasteiger partial charge in [0.05, 0.1) is 12.5 Å². The third-order valence-electron chi connectivity index (χ3n) is 6.26. The summed E-state index contributed by atoms with van der Waals surface area (Å²) in [5.41, 5.74) is 3.51. The van der Waals surface area contributed by atoms with E-state index in [4.69, 9.17) is 4.74 Å². The first kappa shape index (κ1) is 20.3. The minimum absolute atomic E-state index is 0.00181. The van der Waals surface area contributed by atoms with E-state index in [2.05, 4.69) is 11.0 Å². The van der Waals surface area contributed by atoms with Crippen LogP contribution in [-0.4, -0.2) is 56.5 Å². The van der Waals surface area contributed by atoms with E-state index >= 15 is 0 Å². The first-order valence-electron chi connectivity index (χ1n) is 10.4. The zero-order chi connectivity index (χ0) is 21.5. The maximum absolute atomic E-state index is 13.0. The lowest BCUT2D eigenvalue weighted by Gasteiger charge is -2.37. The molecule has 2 amide bonds. The highest BCUT2D eigenvalue weighted by Gasteiger charge is 2.44. The van der Waals surface area contributed by atoms with Gasteiger partial charge < -0.3 is 19.4 Å². The summed E-state index contributed by atoms with van der Waals surface area (Å²) < 4.78 is 5.22. The predicted octanol–water partition coefficient (Wildman–Crippen LogP) is 2.98. The van der Waals surface area contributed by atoms with Gasteiger partial charge in [0.15, 0.2) is 0 Å². The summed E-state index contributed by atoms with van der Waals surface area (Å²) in [6.45, 7) is 8.84. The van der Waals surface area contributed by atoms with E-state index in [0.29, 0.717) is 13.1 Å². The third kappa shape index (κ3) is 3.51. The van der Waals surface area contributed by atoms with Crippen molar-refractivity contribution in [2.24, 2.45) is 0 Å². The van der Waals surface area contributed by atoms with Gasteiger partial charge >= 0.3 is 0 Å². The van der Waals surface area contributed by atoms with Crippen LogP contribution in [0.3, 0.4) is 0 Å². The maximum atomic E-state index is 13.0. The van der Waals surface area contributed by atoms with Gasteiger partial charge in [-0.25, -0.2) is 0 Å². The van der Waals surface area contributed by atoms with Crippen LogP contribution >= 0.6 is 0 Å². The largest absolute Gasteiger partial charge is 0.497 e. The van der Waals surface area contributed by atoms with Crippen LogP contribution in [0.2, 0.25) is 0 Å². The minimum Gasteiger partial charge on any atom is -0.497 e. The summed E-state index contributed by atoms with van der Waals surface area (Å²) >= 11 is 0. The van der Waals surface area contributed by atoms with E-state index in [0.717, 1.165) is 41.3 Å². The average molecular weight is 408 g/mol. The minimum atomic E-state index is -0.602. The molecule has 0 bridgehead atoms. The van der Waals surface area contributed by atoms with Crippen molar-refractivity contribution in [3.05, 3.63) is 53.6 Å². The van der Waals surface area contributed by atoms with Gasteiger partial charge in [-0.1, -0.05) is 17.7 Å². The molecule has 30 heavy (non-hydrogen) atoms. The van der Waals surface area contributed by atoms with Crippen molar-refractivity contribution in [2.45, 2.75) is 26.2 Å². The number of benzene rings is 2. The smallest absolute Gasteiger partial charge is 0.242 e. The van der Waals surface area contributed by atoms with Crippen molar-refractivity contribution in [1.29, 1.82) is 0 Å². The number of methoxy groups -OCH3 is 1. The number of anilines is 2. The molecule has 2 heterocycles. The van der Waals surface area contributed by atoms with Crippen molar-refractivity contribution in [1.82, 2.24) is 4.90 Å². The molecule has 4 rings (SSSR count). The van der Waals surface area contributed by atoms with Crippen LogP contribution in [0, 0.1) is 6.92 Å². The number of nitrogens with zero attached hydrogens (tertiary/aromatic N) is 3. The molecule has 1 fully saturated rings. The van der Waals surface area contributed by atoms with Crippen LogP contribution in [0.4, 0.5) is 11.4 Å². The lowest BCUT2D eigenvalue weighted by Crippen LogP contribution is -2.52. The number of fused-ring (bicyclic) bond motifs is 1. The molecule has 0 aromatic heterocycles. The molecule has 0 aliphatic carbocycles. The average Bonchev–Trinajstić information content (AvgIpc) is 2.94. The van der Waals surface area contributed by atoms with Crippen LogP contribution in [0.5, 0.6) is 5.75 Å². The SMILES string of the molecule is COc1ccc(N2CCN(C(=O)CN3C(=O)C(C)(C)c4cc(C)ccc43)CC2)cc1. The molecule has 2 aliphatic heterocycles. The lowest BCUT2D eigenvalue weighted by molar-refractivity contribution is -0.132. The fourth-order valence-electron chi connectivity index (χ4n) is 4.35. The summed E-state index contributed by atoms with van der Waals surface area (Å²) in [5.74, 6) is 0.830. The molecule has 0 spiro atoms. The summed E-state index contributed by atoms with van der Waals surface area (Å²) in [5, 5.41) is 0. The molecule has 1 saturated heterocycles. The second-order valence-electron chi connectivity index (χ2n) is 8.60. The molecule has 0 atom stereocenters. The Hall–Kier alpha value is -3.02. The molecule has 0 N–H and O–H groups in total. The molecule has 158 valence electrons. The highest BCUT2D eigenvalue weighted by atomic mass is 16.5. The molecule has 6 heteroatoms. The summed E-state index contributed by atoms with van der Waals surface area (Å²) in [4.78, 5) is 31.8. The van der Waals surface area contributed by atoms with Gasteiger partial charge in [0.25, 0.3) is 0 Å². The van der Waals surface area contributed by atoms with Gasteiger partial charge in [0.1, 0.15) is 12.3 Å². The number of carbonyl (C=O) groups is 2. The number of hydrogen-bond donors (Lipinski definition) is 0. The summed E-state index contributed by atoms with van der Waals surface area (Å²) in [6.07, 6.45) is 0. The lowest BCUT2D eigenvalue weighted by atomic mass is 9.85. The van der Waals surface area contributed by atoms with E-state index < -0.39 is 5.41 Å². The number of hydrogen-bond acceptors (Lipinski definition) is 4. The molecule has 0 radical (unpaired) electrons. The van der Waals surface area contributed by atoms with Gasteiger partial charge in [-0.05, 0) is 56.7 Å². The van der Waals surface area contributed by atoms with Crippen LogP contribution in [0.25, 0.3) is 0 Å². The van der Waals surface area contributed by atoms with E-state index in [1.165, 1.54) is 0 Å². The molecule has 0 saturated carbocycles. The number of amides is 2. The molecule has 0 unspecified atom stereocenters. The normalized spacial score (nSPS) is 17.9. The van der Waals surface area contributed by atoms with Crippen molar-refractivity contribution < 1.29 is 14.3 Å². The second-order valence-corrected chi connectivity index (χ2v) is 8.60. The summed E-state index contributed by atoms with van der Waals surface area (Å²) in [6, 6.07) is 14.0. The Morgan fingerprint density at radius 3 is 2.33 bits per heavy atom. The molecular formula is C24H29N3O3.